The average Bonchev–Trinajstić information content (AvgIpc) is 3.18. The Balaban J connectivity index is 1.88. The maximum atomic E-state index is 13.5. The quantitative estimate of drug-likeness (QED) is 0.431. The maximum Gasteiger partial charge on any atom is 0.359 e. The summed E-state index contributed by atoms with van der Waals surface area (Å²) in [7, 11) is 0. The van der Waals surface area contributed by atoms with Crippen molar-refractivity contribution >= 4 is 39.0 Å². The van der Waals surface area contributed by atoms with Crippen molar-refractivity contribution in [1.82, 2.24) is 9.78 Å². The lowest BCUT2D eigenvalue weighted by molar-refractivity contribution is 0.0520. The summed E-state index contributed by atoms with van der Waals surface area (Å²) in [6, 6.07) is 12.8. The van der Waals surface area contributed by atoms with Gasteiger partial charge in [0.2, 0.25) is 0 Å². The van der Waals surface area contributed by atoms with Crippen LogP contribution < -0.4 is 10.9 Å². The van der Waals surface area contributed by atoms with Crippen LogP contribution in [0.1, 0.15) is 44.5 Å². The van der Waals surface area contributed by atoms with Crippen LogP contribution in [0.3, 0.4) is 0 Å². The zero-order valence-corrected chi connectivity index (χ0v) is 19.6. The van der Waals surface area contributed by atoms with Gasteiger partial charge in [0.05, 0.1) is 17.7 Å². The van der Waals surface area contributed by atoms with E-state index in [9.17, 15) is 14.4 Å². The molecule has 0 spiro atoms. The second kappa shape index (κ2) is 8.99. The van der Waals surface area contributed by atoms with E-state index in [1.165, 1.54) is 16.0 Å². The van der Waals surface area contributed by atoms with Gasteiger partial charge in [-0.05, 0) is 52.0 Å². The zero-order valence-electron chi connectivity index (χ0n) is 18.8. The summed E-state index contributed by atoms with van der Waals surface area (Å²) in [6.45, 7) is 7.65. The van der Waals surface area contributed by atoms with Crippen LogP contribution in [0.15, 0.2) is 52.6 Å². The molecule has 0 fully saturated rings. The van der Waals surface area contributed by atoms with E-state index in [1.807, 2.05) is 39.0 Å². The first-order valence-electron chi connectivity index (χ1n) is 10.5. The van der Waals surface area contributed by atoms with Gasteiger partial charge in [0.15, 0.2) is 5.69 Å². The van der Waals surface area contributed by atoms with Crippen molar-refractivity contribution in [3.63, 3.8) is 0 Å². The summed E-state index contributed by atoms with van der Waals surface area (Å²) in [5, 5.41) is 9.73. The van der Waals surface area contributed by atoms with Gasteiger partial charge in [0.1, 0.15) is 5.00 Å². The first kappa shape index (κ1) is 22.4. The number of nitrogens with one attached hydrogen (secondary N) is 1. The topological polar surface area (TPSA) is 90.3 Å². The molecular formula is C25H23N3O4S. The van der Waals surface area contributed by atoms with Gasteiger partial charge in [-0.15, -0.1) is 11.3 Å². The Hall–Kier alpha value is -3.78. The van der Waals surface area contributed by atoms with Gasteiger partial charge >= 0.3 is 5.97 Å². The molecule has 0 saturated heterocycles. The molecule has 7 nitrogen and oxygen atoms in total. The van der Waals surface area contributed by atoms with Crippen LogP contribution in [-0.2, 0) is 4.74 Å². The van der Waals surface area contributed by atoms with E-state index < -0.39 is 11.5 Å². The molecule has 4 rings (SSSR count). The molecule has 4 aromatic rings. The number of ether oxygens (including phenoxy) is 1. The van der Waals surface area contributed by atoms with Crippen LogP contribution in [0.5, 0.6) is 0 Å². The summed E-state index contributed by atoms with van der Waals surface area (Å²) < 4.78 is 6.35. The van der Waals surface area contributed by atoms with E-state index in [0.29, 0.717) is 21.6 Å². The maximum absolute atomic E-state index is 13.5. The van der Waals surface area contributed by atoms with E-state index in [0.717, 1.165) is 16.7 Å². The summed E-state index contributed by atoms with van der Waals surface area (Å²) >= 11 is 1.17. The summed E-state index contributed by atoms with van der Waals surface area (Å²) in [5.41, 5.74) is 3.55. The molecule has 0 saturated carbocycles. The van der Waals surface area contributed by atoms with E-state index in [4.69, 9.17) is 4.74 Å². The lowest BCUT2D eigenvalue weighted by Crippen LogP contribution is -2.25. The van der Waals surface area contributed by atoms with Gasteiger partial charge in [-0.1, -0.05) is 34.9 Å². The molecule has 0 aliphatic rings. The average molecular weight is 462 g/mol. The third kappa shape index (κ3) is 4.42. The van der Waals surface area contributed by atoms with E-state index >= 15 is 0 Å². The first-order chi connectivity index (χ1) is 15.8. The molecule has 2 heterocycles. The molecule has 168 valence electrons. The monoisotopic (exact) mass is 461 g/mol. The lowest BCUT2D eigenvalue weighted by atomic mass is 10.1. The fourth-order valence-electron chi connectivity index (χ4n) is 3.63. The number of aryl methyl sites for hydroxylation is 3. The highest BCUT2D eigenvalue weighted by Gasteiger charge is 2.23. The molecule has 1 amide bonds. The van der Waals surface area contributed by atoms with Crippen LogP contribution in [0, 0.1) is 20.8 Å². The molecule has 0 bridgehead atoms. The molecule has 1 N–H and O–H groups in total. The number of esters is 1. The molecule has 8 heteroatoms. The predicted molar refractivity (Wildman–Crippen MR) is 130 cm³/mol. The number of carbonyl (C=O) groups excluding carboxylic acids is 2. The summed E-state index contributed by atoms with van der Waals surface area (Å²) in [6.07, 6.45) is 0. The van der Waals surface area contributed by atoms with Crippen LogP contribution >= 0.6 is 11.3 Å². The van der Waals surface area contributed by atoms with Gasteiger partial charge in [-0.25, -0.2) is 4.79 Å². The van der Waals surface area contributed by atoms with Gasteiger partial charge in [0.25, 0.3) is 11.5 Å². The van der Waals surface area contributed by atoms with Crippen molar-refractivity contribution in [2.45, 2.75) is 27.7 Å². The van der Waals surface area contributed by atoms with E-state index in [-0.39, 0.29) is 23.6 Å². The highest BCUT2D eigenvalue weighted by Crippen LogP contribution is 2.31. The highest BCUT2D eigenvalue weighted by atomic mass is 32.1. The summed E-state index contributed by atoms with van der Waals surface area (Å²) in [5.74, 6) is -0.963. The third-order valence-corrected chi connectivity index (χ3v) is 6.01. The van der Waals surface area contributed by atoms with E-state index in [2.05, 4.69) is 10.4 Å². The van der Waals surface area contributed by atoms with Crippen molar-refractivity contribution in [3.8, 4) is 5.69 Å². The lowest BCUT2D eigenvalue weighted by Gasteiger charge is -2.10. The van der Waals surface area contributed by atoms with Crippen molar-refractivity contribution in [3.05, 3.63) is 86.1 Å². The minimum atomic E-state index is -0.631. The third-order valence-electron chi connectivity index (χ3n) is 5.11. The van der Waals surface area contributed by atoms with Gasteiger partial charge in [-0.2, -0.15) is 9.78 Å². The molecule has 0 atom stereocenters. The zero-order chi connectivity index (χ0) is 23.7. The van der Waals surface area contributed by atoms with Crippen molar-refractivity contribution < 1.29 is 14.3 Å². The van der Waals surface area contributed by atoms with Crippen molar-refractivity contribution in [1.29, 1.82) is 0 Å². The van der Waals surface area contributed by atoms with Crippen molar-refractivity contribution in [2.24, 2.45) is 0 Å². The van der Waals surface area contributed by atoms with Gasteiger partial charge < -0.3 is 10.1 Å². The number of thiophene rings is 1. The van der Waals surface area contributed by atoms with Gasteiger partial charge in [0, 0.05) is 16.3 Å². The second-order valence-electron chi connectivity index (χ2n) is 7.81. The Bertz CT molecular complexity index is 1410. The number of nitrogens with zero attached hydrogens (tertiary/aromatic N) is 2. The minimum Gasteiger partial charge on any atom is -0.461 e. The van der Waals surface area contributed by atoms with Crippen LogP contribution in [-0.4, -0.2) is 28.3 Å². The van der Waals surface area contributed by atoms with E-state index in [1.54, 1.807) is 36.6 Å². The number of benzene rings is 2. The molecule has 0 aliphatic heterocycles. The van der Waals surface area contributed by atoms with Crippen LogP contribution in [0.2, 0.25) is 0 Å². The first-order valence-corrected chi connectivity index (χ1v) is 11.3. The predicted octanol–water partition coefficient (Wildman–Crippen LogP) is 4.80. The Morgan fingerprint density at radius 3 is 2.33 bits per heavy atom. The largest absolute Gasteiger partial charge is 0.461 e. The minimum absolute atomic E-state index is 0.0233. The second-order valence-corrected chi connectivity index (χ2v) is 8.69. The fraction of sp³-hybridized carbons (Fsp3) is 0.200. The molecule has 33 heavy (non-hydrogen) atoms. The number of rotatable bonds is 5. The number of amides is 1. The number of hydrogen-bond acceptors (Lipinski definition) is 6. The number of aromatic nitrogens is 2. The molecule has 0 unspecified atom stereocenters. The molecule has 0 aliphatic carbocycles. The Morgan fingerprint density at radius 2 is 1.70 bits per heavy atom. The Kier molecular flexibility index (Phi) is 6.11. The molecule has 2 aromatic heterocycles. The van der Waals surface area contributed by atoms with Crippen LogP contribution in [0.4, 0.5) is 5.00 Å². The van der Waals surface area contributed by atoms with Crippen molar-refractivity contribution in [2.75, 3.05) is 11.9 Å². The Morgan fingerprint density at radius 1 is 1.03 bits per heavy atom. The summed E-state index contributed by atoms with van der Waals surface area (Å²) in [4.78, 5) is 39.1. The number of fused-ring (bicyclic) bond motifs is 1. The van der Waals surface area contributed by atoms with Crippen LogP contribution in [0.25, 0.3) is 16.5 Å². The number of hydrogen-bond donors (Lipinski definition) is 1. The number of anilines is 1. The van der Waals surface area contributed by atoms with Gasteiger partial charge in [-0.3, -0.25) is 9.59 Å². The smallest absolute Gasteiger partial charge is 0.359 e. The molecule has 0 radical (unpaired) electrons. The fourth-order valence-corrected chi connectivity index (χ4v) is 4.57. The number of carbonyl (C=O) groups is 2. The SMILES string of the molecule is CCOC(=O)c1nn(-c2ccc(C)cc2)c(=O)c2c(NC(=O)c3cc(C)cc(C)c3)scc12. The molecule has 2 aromatic carbocycles. The highest BCUT2D eigenvalue weighted by molar-refractivity contribution is 7.16. The normalized spacial score (nSPS) is 10.9. The standard InChI is InChI=1S/C25H23N3O4S/c1-5-32-25(31)21-19-13-33-23(26-22(29)17-11-15(3)10-16(4)12-17)20(19)24(30)28(27-21)18-8-6-14(2)7-9-18/h6-13H,5H2,1-4H3,(H,26,29). The molecular weight excluding hydrogens is 438 g/mol. The Labute approximate surface area is 194 Å².